The summed E-state index contributed by atoms with van der Waals surface area (Å²) in [7, 11) is 2.75. The highest BCUT2D eigenvalue weighted by Crippen LogP contribution is 2.50. The van der Waals surface area contributed by atoms with E-state index in [4.69, 9.17) is 14.7 Å². The first-order valence-electron chi connectivity index (χ1n) is 19.9. The molecule has 2 saturated heterocycles. The zero-order valence-corrected chi connectivity index (χ0v) is 34.1. The lowest BCUT2D eigenvalue weighted by atomic mass is 9.81. The molecule has 4 heterocycles. The van der Waals surface area contributed by atoms with Crippen LogP contribution in [-0.2, 0) is 19.7 Å². The second kappa shape index (κ2) is 15.4. The molecule has 57 heavy (non-hydrogen) atoms. The number of carbonyl (C=O) groups is 4. The highest BCUT2D eigenvalue weighted by molar-refractivity contribution is 5.88. The van der Waals surface area contributed by atoms with E-state index in [9.17, 15) is 24.3 Å². The van der Waals surface area contributed by atoms with E-state index in [1.54, 1.807) is 4.90 Å². The Labute approximate surface area is 333 Å². The molecule has 0 bridgehead atoms. The van der Waals surface area contributed by atoms with Gasteiger partial charge in [-0.05, 0) is 83.0 Å². The molecule has 14 heteroatoms. The zero-order chi connectivity index (χ0) is 40.9. The molecule has 4 amide bonds. The van der Waals surface area contributed by atoms with E-state index in [1.165, 1.54) is 36.4 Å². The number of likely N-dealkylation sites (N-methyl/N-ethyl adjacent to an activating group) is 1. The molecule has 2 aliphatic heterocycles. The lowest BCUT2D eigenvalue weighted by molar-refractivity contribution is -0.138. The number of likely N-dealkylation sites (tertiary alicyclic amines) is 2. The molecule has 7 rings (SSSR count). The van der Waals surface area contributed by atoms with Crippen molar-refractivity contribution < 1.29 is 29.0 Å². The van der Waals surface area contributed by atoms with Crippen LogP contribution in [0.25, 0.3) is 33.6 Å². The fourth-order valence-electron chi connectivity index (χ4n) is 9.07. The van der Waals surface area contributed by atoms with Crippen molar-refractivity contribution in [2.45, 2.75) is 96.8 Å². The number of amides is 4. The minimum atomic E-state index is -1.12. The van der Waals surface area contributed by atoms with Crippen LogP contribution < -0.4 is 5.32 Å². The quantitative estimate of drug-likeness (QED) is 0.132. The van der Waals surface area contributed by atoms with Gasteiger partial charge in [-0.15, -0.1) is 0 Å². The summed E-state index contributed by atoms with van der Waals surface area (Å²) in [5.74, 6) is 0.788. The van der Waals surface area contributed by atoms with Crippen molar-refractivity contribution in [2.24, 2.45) is 11.8 Å². The fraction of sp³-hybridized carbons (Fsp3) is 0.488. The first kappa shape index (κ1) is 39.6. The van der Waals surface area contributed by atoms with E-state index in [2.05, 4.69) is 65.5 Å². The molecule has 2 aromatic carbocycles. The topological polar surface area (TPSA) is 177 Å². The lowest BCUT2D eigenvalue weighted by Gasteiger charge is -2.33. The van der Waals surface area contributed by atoms with Crippen LogP contribution in [0.3, 0.4) is 0 Å². The molecular formula is C43H54N8O6. The van der Waals surface area contributed by atoms with Crippen LogP contribution in [0, 0.1) is 11.8 Å². The zero-order valence-electron chi connectivity index (χ0n) is 34.1. The number of methoxy groups -OCH3 is 1. The normalized spacial score (nSPS) is 19.4. The highest BCUT2D eigenvalue weighted by atomic mass is 16.5. The van der Waals surface area contributed by atoms with Gasteiger partial charge in [-0.2, -0.15) is 0 Å². The number of hydrogen-bond acceptors (Lipinski definition) is 7. The Morgan fingerprint density at radius 2 is 1.32 bits per heavy atom. The number of carboxylic acid groups (broad SMARTS) is 1. The maximum Gasteiger partial charge on any atom is 0.407 e. The third kappa shape index (κ3) is 7.14. The van der Waals surface area contributed by atoms with Gasteiger partial charge in [0.05, 0.1) is 43.0 Å². The van der Waals surface area contributed by atoms with Crippen LogP contribution in [-0.4, -0.2) is 103 Å². The monoisotopic (exact) mass is 778 g/mol. The van der Waals surface area contributed by atoms with Gasteiger partial charge >= 0.3 is 12.2 Å². The second-order valence-electron chi connectivity index (χ2n) is 16.8. The smallest absolute Gasteiger partial charge is 0.407 e. The number of rotatable bonds is 10. The SMILES string of the molecule is COC(=O)N[C@H](C(=O)N1CCC[C@H]1c1ncc(-c2ccc3c(c2)C(C)(C)c2cc(-c4cnc([C@@H]5CCCN5C(=O)[C@H](C(C)C)N(C)C(=O)O)[nH]4)ccc2-3)[nH]1)C(C)C. The van der Waals surface area contributed by atoms with E-state index in [1.807, 2.05) is 45.0 Å². The Hall–Kier alpha value is -5.66. The summed E-state index contributed by atoms with van der Waals surface area (Å²) in [4.78, 5) is 72.5. The Kier molecular flexibility index (Phi) is 10.7. The maximum absolute atomic E-state index is 13.7. The standard InChI is InChI=1S/C43H54N8O6/c1-23(2)35(48-41(54)57-8)39(52)50-17-9-11-33(50)37-44-21-31(46-37)25-13-15-27-28-16-14-26(20-30(28)43(5,6)29(27)19-25)32-22-45-38(47-32)34-12-10-18-51(34)40(53)36(24(3)4)49(7)42(55)56/h13-16,19-24,33-36H,9-12,17-18H2,1-8H3,(H,44,46)(H,45,47)(H,48,54)(H,55,56)/t33-,34-,35-,36-/m0/s1. The fourth-order valence-corrected chi connectivity index (χ4v) is 9.07. The van der Waals surface area contributed by atoms with E-state index < -0.39 is 24.3 Å². The highest BCUT2D eigenvalue weighted by Gasteiger charge is 2.41. The number of nitrogens with zero attached hydrogens (tertiary/aromatic N) is 5. The first-order chi connectivity index (χ1) is 27.1. The van der Waals surface area contributed by atoms with Gasteiger partial charge in [-0.25, -0.2) is 19.6 Å². The Balaban J connectivity index is 1.10. The van der Waals surface area contributed by atoms with Gasteiger partial charge in [0.2, 0.25) is 11.8 Å². The summed E-state index contributed by atoms with van der Waals surface area (Å²) < 4.78 is 4.78. The summed E-state index contributed by atoms with van der Waals surface area (Å²) in [6.07, 6.45) is 5.08. The molecule has 3 aliphatic rings. The minimum absolute atomic E-state index is 0.115. The molecule has 2 fully saturated rings. The molecule has 0 unspecified atom stereocenters. The van der Waals surface area contributed by atoms with Gasteiger partial charge in [0.25, 0.3) is 0 Å². The molecule has 1 aliphatic carbocycles. The third-order valence-electron chi connectivity index (χ3n) is 12.2. The van der Waals surface area contributed by atoms with Gasteiger partial charge < -0.3 is 34.9 Å². The Morgan fingerprint density at radius 3 is 1.75 bits per heavy atom. The van der Waals surface area contributed by atoms with Gasteiger partial charge in [-0.1, -0.05) is 65.8 Å². The predicted molar refractivity (Wildman–Crippen MR) is 215 cm³/mol. The summed E-state index contributed by atoms with van der Waals surface area (Å²) >= 11 is 0. The Bertz CT molecular complexity index is 2190. The molecule has 0 radical (unpaired) electrons. The Morgan fingerprint density at radius 1 is 0.825 bits per heavy atom. The van der Waals surface area contributed by atoms with Crippen LogP contribution in [0.15, 0.2) is 48.8 Å². The first-order valence-corrected chi connectivity index (χ1v) is 19.9. The van der Waals surface area contributed by atoms with Crippen LogP contribution >= 0.6 is 0 Å². The molecular weight excluding hydrogens is 725 g/mol. The van der Waals surface area contributed by atoms with Crippen molar-refractivity contribution in [1.29, 1.82) is 0 Å². The molecule has 4 atom stereocenters. The average Bonchev–Trinajstić information content (AvgIpc) is 4.03. The molecule has 302 valence electrons. The van der Waals surface area contributed by atoms with Gasteiger partial charge in [0, 0.05) is 25.6 Å². The summed E-state index contributed by atoms with van der Waals surface area (Å²) in [6.45, 7) is 13.2. The number of hydrogen-bond donors (Lipinski definition) is 4. The number of aromatic amines is 2. The number of nitrogens with one attached hydrogen (secondary N) is 3. The van der Waals surface area contributed by atoms with Crippen LogP contribution in [0.1, 0.15) is 102 Å². The van der Waals surface area contributed by atoms with E-state index >= 15 is 0 Å². The summed E-state index contributed by atoms with van der Waals surface area (Å²) in [5, 5.41) is 12.4. The number of imidazole rings is 2. The maximum atomic E-state index is 13.7. The van der Waals surface area contributed by atoms with Crippen molar-refractivity contribution in [1.82, 2.24) is 40.0 Å². The van der Waals surface area contributed by atoms with Gasteiger partial charge in [0.1, 0.15) is 23.7 Å². The van der Waals surface area contributed by atoms with Crippen molar-refractivity contribution in [3.05, 3.63) is 71.6 Å². The van der Waals surface area contributed by atoms with Gasteiger partial charge in [0.15, 0.2) is 0 Å². The summed E-state index contributed by atoms with van der Waals surface area (Å²) in [6, 6.07) is 11.0. The van der Waals surface area contributed by atoms with E-state index in [0.717, 1.165) is 58.9 Å². The number of benzene rings is 2. The van der Waals surface area contributed by atoms with Crippen LogP contribution in [0.2, 0.25) is 0 Å². The van der Waals surface area contributed by atoms with E-state index in [-0.39, 0.29) is 41.1 Å². The van der Waals surface area contributed by atoms with Crippen LogP contribution in [0.4, 0.5) is 9.59 Å². The number of H-pyrrole nitrogens is 2. The van der Waals surface area contributed by atoms with Crippen molar-refractivity contribution in [2.75, 3.05) is 27.2 Å². The summed E-state index contributed by atoms with van der Waals surface area (Å²) in [5.41, 5.74) is 8.14. The van der Waals surface area contributed by atoms with E-state index in [0.29, 0.717) is 18.9 Å². The number of fused-ring (bicyclic) bond motifs is 3. The molecule has 4 N–H and O–H groups in total. The molecule has 0 saturated carbocycles. The van der Waals surface area contributed by atoms with Crippen molar-refractivity contribution >= 4 is 24.0 Å². The molecule has 2 aromatic heterocycles. The second-order valence-corrected chi connectivity index (χ2v) is 16.8. The van der Waals surface area contributed by atoms with Crippen molar-refractivity contribution in [3.8, 4) is 33.6 Å². The molecule has 4 aromatic rings. The molecule has 14 nitrogen and oxygen atoms in total. The number of aromatic nitrogens is 4. The average molecular weight is 779 g/mol. The lowest BCUT2D eigenvalue weighted by Crippen LogP contribution is -2.51. The van der Waals surface area contributed by atoms with Gasteiger partial charge in [-0.3, -0.25) is 14.5 Å². The van der Waals surface area contributed by atoms with Crippen molar-refractivity contribution in [3.63, 3.8) is 0 Å². The minimum Gasteiger partial charge on any atom is -0.465 e. The predicted octanol–water partition coefficient (Wildman–Crippen LogP) is 7.12. The number of alkyl carbamates (subject to hydrolysis) is 1. The molecule has 0 spiro atoms. The number of carbonyl (C=O) groups excluding carboxylic acids is 3. The number of ether oxygens (including phenoxy) is 1. The largest absolute Gasteiger partial charge is 0.465 e. The van der Waals surface area contributed by atoms with Crippen LogP contribution in [0.5, 0.6) is 0 Å². The third-order valence-corrected chi connectivity index (χ3v) is 12.2.